The smallest absolute Gasteiger partial charge is 0.325 e. The molecule has 1 rings (SSSR count). The molecule has 0 fully saturated rings. The first-order valence-electron chi connectivity index (χ1n) is 6.96. The first-order valence-corrected chi connectivity index (χ1v) is 6.96. The molecule has 0 bridgehead atoms. The van der Waals surface area contributed by atoms with E-state index in [0.717, 1.165) is 5.56 Å². The maximum atomic E-state index is 11.9. The molecule has 1 atom stereocenters. The van der Waals surface area contributed by atoms with Crippen LogP contribution in [0.1, 0.15) is 28.8 Å². The van der Waals surface area contributed by atoms with Gasteiger partial charge >= 0.3 is 5.97 Å². The van der Waals surface area contributed by atoms with Gasteiger partial charge in [0.05, 0.1) is 0 Å². The molecule has 1 unspecified atom stereocenters. The number of carboxylic acids is 1. The fraction of sp³-hybridized carbons (Fsp3) is 0.375. The first kappa shape index (κ1) is 17.7. The average molecular weight is 306 g/mol. The fourth-order valence-corrected chi connectivity index (χ4v) is 1.93. The Morgan fingerprint density at radius 1 is 1.41 bits per heavy atom. The highest BCUT2D eigenvalue weighted by molar-refractivity contribution is 5.94. The van der Waals surface area contributed by atoms with Crippen LogP contribution in [0.4, 0.5) is 0 Å². The molecule has 0 aliphatic rings. The van der Waals surface area contributed by atoms with Crippen LogP contribution in [0, 0.1) is 6.92 Å². The van der Waals surface area contributed by atoms with E-state index in [-0.39, 0.29) is 5.76 Å². The molecule has 1 amide bonds. The number of aliphatic carboxylic acids is 1. The fourth-order valence-electron chi connectivity index (χ4n) is 1.93. The molecule has 1 aromatic rings. The minimum Gasteiger partial charge on any atom is -0.480 e. The normalized spacial score (nSPS) is 12.0. The van der Waals surface area contributed by atoms with Crippen LogP contribution < -0.4 is 5.32 Å². The molecule has 120 valence electrons. The number of hydrogen-bond donors (Lipinski definition) is 2. The third-order valence-corrected chi connectivity index (χ3v) is 3.13. The van der Waals surface area contributed by atoms with Crippen molar-refractivity contribution in [1.82, 2.24) is 10.2 Å². The Morgan fingerprint density at radius 3 is 2.50 bits per heavy atom. The molecule has 1 heterocycles. The number of amides is 1. The lowest BCUT2D eigenvalue weighted by Gasteiger charge is -2.17. The van der Waals surface area contributed by atoms with Crippen LogP contribution in [0.25, 0.3) is 0 Å². The number of carbonyl (C=O) groups excluding carboxylic acids is 1. The molecule has 2 N–H and O–H groups in total. The number of furan rings is 1. The minimum absolute atomic E-state index is 0.109. The third-order valence-electron chi connectivity index (χ3n) is 3.13. The number of carbonyl (C=O) groups is 2. The lowest BCUT2D eigenvalue weighted by atomic mass is 10.2. The summed E-state index contributed by atoms with van der Waals surface area (Å²) in [6, 6.07) is 0.665. The van der Waals surface area contributed by atoms with Crippen molar-refractivity contribution < 1.29 is 19.1 Å². The van der Waals surface area contributed by atoms with E-state index in [1.54, 1.807) is 25.1 Å². The van der Waals surface area contributed by atoms with E-state index in [2.05, 4.69) is 23.4 Å². The molecule has 0 spiro atoms. The zero-order valence-corrected chi connectivity index (χ0v) is 13.0. The number of rotatable bonds is 9. The van der Waals surface area contributed by atoms with E-state index < -0.39 is 17.9 Å². The molecule has 1 aromatic heterocycles. The molecular formula is C16H22N2O4. The van der Waals surface area contributed by atoms with Crippen molar-refractivity contribution in [1.29, 1.82) is 0 Å². The Kier molecular flexibility index (Phi) is 6.59. The summed E-state index contributed by atoms with van der Waals surface area (Å²) in [7, 11) is 0. The predicted octanol–water partition coefficient (Wildman–Crippen LogP) is 1.96. The second kappa shape index (κ2) is 8.19. The highest BCUT2D eigenvalue weighted by atomic mass is 16.4. The van der Waals surface area contributed by atoms with Crippen LogP contribution in [-0.2, 0) is 11.3 Å². The van der Waals surface area contributed by atoms with Crippen molar-refractivity contribution in [2.45, 2.75) is 26.4 Å². The van der Waals surface area contributed by atoms with Gasteiger partial charge in [0.1, 0.15) is 11.8 Å². The maximum Gasteiger partial charge on any atom is 0.325 e. The van der Waals surface area contributed by atoms with Gasteiger partial charge in [0.25, 0.3) is 5.91 Å². The van der Waals surface area contributed by atoms with Crippen LogP contribution in [0.5, 0.6) is 0 Å². The van der Waals surface area contributed by atoms with Gasteiger partial charge in [-0.3, -0.25) is 14.5 Å². The van der Waals surface area contributed by atoms with Crippen molar-refractivity contribution in [3.63, 3.8) is 0 Å². The Bertz CT molecular complexity index is 552. The topological polar surface area (TPSA) is 82.8 Å². The summed E-state index contributed by atoms with van der Waals surface area (Å²) >= 11 is 0. The second-order valence-electron chi connectivity index (χ2n) is 5.00. The molecule has 0 saturated heterocycles. The van der Waals surface area contributed by atoms with Gasteiger partial charge in [0.2, 0.25) is 0 Å². The highest BCUT2D eigenvalue weighted by Gasteiger charge is 2.20. The Morgan fingerprint density at radius 2 is 2.00 bits per heavy atom. The van der Waals surface area contributed by atoms with Gasteiger partial charge in [-0.05, 0) is 19.9 Å². The minimum atomic E-state index is -1.10. The van der Waals surface area contributed by atoms with Crippen LogP contribution >= 0.6 is 0 Å². The monoisotopic (exact) mass is 306 g/mol. The van der Waals surface area contributed by atoms with Gasteiger partial charge in [0, 0.05) is 25.2 Å². The van der Waals surface area contributed by atoms with Crippen LogP contribution in [-0.4, -0.2) is 41.0 Å². The third kappa shape index (κ3) is 4.89. The number of aryl methyl sites for hydroxylation is 1. The van der Waals surface area contributed by atoms with Gasteiger partial charge in [-0.25, -0.2) is 0 Å². The van der Waals surface area contributed by atoms with Crippen molar-refractivity contribution in [2.75, 3.05) is 13.1 Å². The zero-order valence-electron chi connectivity index (χ0n) is 13.0. The van der Waals surface area contributed by atoms with Gasteiger partial charge in [-0.2, -0.15) is 0 Å². The van der Waals surface area contributed by atoms with E-state index in [0.29, 0.717) is 25.4 Å². The van der Waals surface area contributed by atoms with Crippen LogP contribution in [0.2, 0.25) is 0 Å². The lowest BCUT2D eigenvalue weighted by Crippen LogP contribution is -2.38. The molecule has 0 aliphatic carbocycles. The molecule has 0 aromatic carbocycles. The lowest BCUT2D eigenvalue weighted by molar-refractivity contribution is -0.138. The molecule has 22 heavy (non-hydrogen) atoms. The van der Waals surface area contributed by atoms with Gasteiger partial charge in [-0.15, -0.1) is 13.2 Å². The average Bonchev–Trinajstić information content (AvgIpc) is 2.80. The summed E-state index contributed by atoms with van der Waals surface area (Å²) in [5, 5.41) is 11.2. The molecule has 6 heteroatoms. The van der Waals surface area contributed by atoms with E-state index >= 15 is 0 Å². The SMILES string of the molecule is C=CCN(CC=C)Cc1cc(C(=O)NC(C)C(=O)O)oc1C. The van der Waals surface area contributed by atoms with Gasteiger partial charge in [-0.1, -0.05) is 12.2 Å². The second-order valence-corrected chi connectivity index (χ2v) is 5.00. The van der Waals surface area contributed by atoms with Crippen molar-refractivity contribution in [3.8, 4) is 0 Å². The summed E-state index contributed by atoms with van der Waals surface area (Å²) in [6.07, 6.45) is 3.59. The zero-order chi connectivity index (χ0) is 16.7. The van der Waals surface area contributed by atoms with Crippen molar-refractivity contribution in [2.24, 2.45) is 0 Å². The van der Waals surface area contributed by atoms with Gasteiger partial charge < -0.3 is 14.8 Å². The van der Waals surface area contributed by atoms with E-state index in [9.17, 15) is 9.59 Å². The number of carboxylic acid groups (broad SMARTS) is 1. The first-order chi connectivity index (χ1) is 10.4. The quantitative estimate of drug-likeness (QED) is 0.682. The Balaban J connectivity index is 2.81. The van der Waals surface area contributed by atoms with E-state index in [1.807, 2.05) is 0 Å². The standard InChI is InChI=1S/C16H22N2O4/c1-5-7-18(8-6-2)10-13-9-14(22-12(13)4)15(19)17-11(3)16(20)21/h5-6,9,11H,1-2,7-8,10H2,3-4H3,(H,17,19)(H,20,21). The Labute approximate surface area is 130 Å². The largest absolute Gasteiger partial charge is 0.480 e. The maximum absolute atomic E-state index is 11.9. The summed E-state index contributed by atoms with van der Waals surface area (Å²) in [5.74, 6) is -0.896. The summed E-state index contributed by atoms with van der Waals surface area (Å²) < 4.78 is 5.43. The van der Waals surface area contributed by atoms with E-state index in [4.69, 9.17) is 9.52 Å². The highest BCUT2D eigenvalue weighted by Crippen LogP contribution is 2.17. The molecule has 0 aliphatic heterocycles. The number of nitrogens with one attached hydrogen (secondary N) is 1. The molecule has 0 radical (unpaired) electrons. The van der Waals surface area contributed by atoms with E-state index in [1.165, 1.54) is 6.92 Å². The summed E-state index contributed by atoms with van der Waals surface area (Å²) in [4.78, 5) is 24.8. The summed E-state index contributed by atoms with van der Waals surface area (Å²) in [5.41, 5.74) is 0.872. The molecule has 6 nitrogen and oxygen atoms in total. The predicted molar refractivity (Wildman–Crippen MR) is 83.7 cm³/mol. The van der Waals surface area contributed by atoms with Gasteiger partial charge in [0.15, 0.2) is 5.76 Å². The Hall–Kier alpha value is -2.34. The van der Waals surface area contributed by atoms with Crippen LogP contribution in [0.15, 0.2) is 35.8 Å². The van der Waals surface area contributed by atoms with Crippen molar-refractivity contribution in [3.05, 3.63) is 48.5 Å². The summed E-state index contributed by atoms with van der Waals surface area (Å²) in [6.45, 7) is 12.6. The molecule has 0 saturated carbocycles. The molecular weight excluding hydrogens is 284 g/mol. The number of hydrogen-bond acceptors (Lipinski definition) is 4. The van der Waals surface area contributed by atoms with Crippen molar-refractivity contribution >= 4 is 11.9 Å². The number of nitrogens with zero attached hydrogens (tertiary/aromatic N) is 1. The van der Waals surface area contributed by atoms with Crippen LogP contribution in [0.3, 0.4) is 0 Å².